The van der Waals surface area contributed by atoms with Gasteiger partial charge in [-0.25, -0.2) is 0 Å². The van der Waals surface area contributed by atoms with Gasteiger partial charge in [0.15, 0.2) is 0 Å². The van der Waals surface area contributed by atoms with Gasteiger partial charge < -0.3 is 19.1 Å². The number of carbonyl (C=O) groups is 2. The molecule has 8 heteroatoms. The van der Waals surface area contributed by atoms with Crippen molar-refractivity contribution in [2.45, 2.75) is 33.0 Å². The van der Waals surface area contributed by atoms with Gasteiger partial charge in [0.1, 0.15) is 6.54 Å². The first-order valence-electron chi connectivity index (χ1n) is 11.5. The lowest BCUT2D eigenvalue weighted by Gasteiger charge is -2.31. The molecule has 0 radical (unpaired) electrons. The number of aromatic nitrogens is 1. The van der Waals surface area contributed by atoms with Gasteiger partial charge in [-0.15, -0.1) is 0 Å². The summed E-state index contributed by atoms with van der Waals surface area (Å²) in [7, 11) is 1.56. The Kier molecular flexibility index (Phi) is 9.78. The standard InChI is InChI=1S/C27H31Cl2N3O3/c1-20(2)32(18-23-10-7-13-30(23)17-21-8-5-4-6-9-21)26(33)19-31(14-15-35-3)27(34)22-11-12-24(28)25(29)16-22/h4-13,16,20H,14-15,17-19H2,1-3H3. The Morgan fingerprint density at radius 1 is 1.00 bits per heavy atom. The van der Waals surface area contributed by atoms with Crippen LogP contribution in [0.2, 0.25) is 10.0 Å². The Morgan fingerprint density at radius 2 is 1.74 bits per heavy atom. The first-order chi connectivity index (χ1) is 16.8. The first kappa shape index (κ1) is 26.8. The predicted octanol–water partition coefficient (Wildman–Crippen LogP) is 5.37. The average molecular weight is 516 g/mol. The highest BCUT2D eigenvalue weighted by atomic mass is 35.5. The first-order valence-corrected chi connectivity index (χ1v) is 12.3. The van der Waals surface area contributed by atoms with E-state index in [9.17, 15) is 9.59 Å². The van der Waals surface area contributed by atoms with Gasteiger partial charge in [0.25, 0.3) is 5.91 Å². The zero-order chi connectivity index (χ0) is 25.4. The smallest absolute Gasteiger partial charge is 0.254 e. The van der Waals surface area contributed by atoms with Crippen LogP contribution in [0, 0.1) is 0 Å². The van der Waals surface area contributed by atoms with Crippen LogP contribution < -0.4 is 0 Å². The van der Waals surface area contributed by atoms with E-state index < -0.39 is 0 Å². The van der Waals surface area contributed by atoms with E-state index >= 15 is 0 Å². The minimum Gasteiger partial charge on any atom is -0.383 e. The second kappa shape index (κ2) is 12.8. The van der Waals surface area contributed by atoms with Gasteiger partial charge in [0, 0.05) is 43.7 Å². The molecule has 0 N–H and O–H groups in total. The van der Waals surface area contributed by atoms with Gasteiger partial charge in [0.05, 0.1) is 23.2 Å². The molecule has 3 rings (SSSR count). The number of methoxy groups -OCH3 is 1. The monoisotopic (exact) mass is 515 g/mol. The van der Waals surface area contributed by atoms with Crippen molar-refractivity contribution in [3.63, 3.8) is 0 Å². The van der Waals surface area contributed by atoms with Crippen molar-refractivity contribution in [3.05, 3.63) is 93.7 Å². The van der Waals surface area contributed by atoms with Crippen molar-refractivity contribution in [2.24, 2.45) is 0 Å². The van der Waals surface area contributed by atoms with E-state index in [0.717, 1.165) is 12.2 Å². The fraction of sp³-hybridized carbons (Fsp3) is 0.333. The van der Waals surface area contributed by atoms with Crippen LogP contribution in [-0.2, 0) is 22.6 Å². The highest BCUT2D eigenvalue weighted by Gasteiger charge is 2.25. The maximum atomic E-state index is 13.4. The summed E-state index contributed by atoms with van der Waals surface area (Å²) in [5, 5.41) is 0.658. The Labute approximate surface area is 217 Å². The third-order valence-electron chi connectivity index (χ3n) is 5.74. The van der Waals surface area contributed by atoms with Crippen molar-refractivity contribution >= 4 is 35.0 Å². The number of hydrogen-bond donors (Lipinski definition) is 0. The SMILES string of the molecule is COCCN(CC(=O)N(Cc1cccn1Cc1ccccc1)C(C)C)C(=O)c1ccc(Cl)c(Cl)c1. The maximum Gasteiger partial charge on any atom is 0.254 e. The summed E-state index contributed by atoms with van der Waals surface area (Å²) >= 11 is 12.1. The molecular formula is C27H31Cl2N3O3. The molecule has 0 unspecified atom stereocenters. The Morgan fingerprint density at radius 3 is 2.40 bits per heavy atom. The molecular weight excluding hydrogens is 485 g/mol. The molecule has 0 atom stereocenters. The van der Waals surface area contributed by atoms with Crippen molar-refractivity contribution < 1.29 is 14.3 Å². The molecule has 0 aliphatic rings. The molecule has 2 amide bonds. The van der Waals surface area contributed by atoms with Crippen LogP contribution in [0.4, 0.5) is 0 Å². The zero-order valence-electron chi connectivity index (χ0n) is 20.3. The lowest BCUT2D eigenvalue weighted by atomic mass is 10.2. The van der Waals surface area contributed by atoms with E-state index in [2.05, 4.69) is 16.7 Å². The quantitative estimate of drug-likeness (QED) is 0.345. The lowest BCUT2D eigenvalue weighted by Crippen LogP contribution is -2.46. The summed E-state index contributed by atoms with van der Waals surface area (Å²) in [4.78, 5) is 29.9. The Bertz CT molecular complexity index is 1130. The summed E-state index contributed by atoms with van der Waals surface area (Å²) in [5.41, 5.74) is 2.58. The van der Waals surface area contributed by atoms with Crippen LogP contribution in [-0.4, -0.2) is 59.0 Å². The van der Waals surface area contributed by atoms with Crippen molar-refractivity contribution in [3.8, 4) is 0 Å². The molecule has 35 heavy (non-hydrogen) atoms. The summed E-state index contributed by atoms with van der Waals surface area (Å²) in [6, 6.07) is 18.9. The summed E-state index contributed by atoms with van der Waals surface area (Å²) < 4.78 is 7.32. The number of rotatable bonds is 11. The largest absolute Gasteiger partial charge is 0.383 e. The summed E-state index contributed by atoms with van der Waals surface area (Å²) in [6.45, 7) is 5.62. The highest BCUT2D eigenvalue weighted by Crippen LogP contribution is 2.23. The van der Waals surface area contributed by atoms with E-state index in [1.807, 2.05) is 50.4 Å². The number of nitrogens with zero attached hydrogens (tertiary/aromatic N) is 3. The Balaban J connectivity index is 1.76. The summed E-state index contributed by atoms with van der Waals surface area (Å²) in [5.74, 6) is -0.442. The number of amides is 2. The van der Waals surface area contributed by atoms with Crippen LogP contribution in [0.1, 0.15) is 35.5 Å². The minimum absolute atomic E-state index is 0.0491. The number of hydrogen-bond acceptors (Lipinski definition) is 3. The molecule has 0 aliphatic heterocycles. The second-order valence-electron chi connectivity index (χ2n) is 8.58. The molecule has 3 aromatic rings. The van der Waals surface area contributed by atoms with Crippen molar-refractivity contribution in [2.75, 3.05) is 26.8 Å². The number of carbonyl (C=O) groups excluding carboxylic acids is 2. The molecule has 0 aliphatic carbocycles. The fourth-order valence-corrected chi connectivity index (χ4v) is 4.08. The van der Waals surface area contributed by atoms with Crippen LogP contribution in [0.15, 0.2) is 66.9 Å². The maximum absolute atomic E-state index is 13.4. The summed E-state index contributed by atoms with van der Waals surface area (Å²) in [6.07, 6.45) is 2.02. The van der Waals surface area contributed by atoms with Gasteiger partial charge in [-0.1, -0.05) is 53.5 Å². The van der Waals surface area contributed by atoms with Gasteiger partial charge >= 0.3 is 0 Å². The zero-order valence-corrected chi connectivity index (χ0v) is 21.8. The van der Waals surface area contributed by atoms with Crippen LogP contribution in [0.3, 0.4) is 0 Å². The Hall–Kier alpha value is -2.80. The van der Waals surface area contributed by atoms with Crippen LogP contribution in [0.5, 0.6) is 0 Å². The molecule has 0 saturated carbocycles. The van der Waals surface area contributed by atoms with Crippen LogP contribution in [0.25, 0.3) is 0 Å². The third kappa shape index (κ3) is 7.34. The lowest BCUT2D eigenvalue weighted by molar-refractivity contribution is -0.134. The van der Waals surface area contributed by atoms with Crippen LogP contribution >= 0.6 is 23.2 Å². The van der Waals surface area contributed by atoms with Gasteiger partial charge in [-0.3, -0.25) is 9.59 Å². The molecule has 2 aromatic carbocycles. The molecule has 1 aromatic heterocycles. The second-order valence-corrected chi connectivity index (χ2v) is 9.39. The van der Waals surface area contributed by atoms with E-state index in [0.29, 0.717) is 28.8 Å². The van der Waals surface area contributed by atoms with E-state index in [1.165, 1.54) is 16.5 Å². The van der Waals surface area contributed by atoms with Gasteiger partial charge in [-0.2, -0.15) is 0 Å². The minimum atomic E-state index is -0.301. The molecule has 0 spiro atoms. The fourth-order valence-electron chi connectivity index (χ4n) is 3.78. The average Bonchev–Trinajstić information content (AvgIpc) is 3.28. The topological polar surface area (TPSA) is 54.8 Å². The molecule has 186 valence electrons. The molecule has 1 heterocycles. The van der Waals surface area contributed by atoms with Crippen molar-refractivity contribution in [1.82, 2.24) is 14.4 Å². The van der Waals surface area contributed by atoms with E-state index in [4.69, 9.17) is 27.9 Å². The molecule has 6 nitrogen and oxygen atoms in total. The third-order valence-corrected chi connectivity index (χ3v) is 6.48. The number of ether oxygens (including phenoxy) is 1. The van der Waals surface area contributed by atoms with E-state index in [-0.39, 0.29) is 30.9 Å². The van der Waals surface area contributed by atoms with E-state index in [1.54, 1.807) is 24.1 Å². The number of halogens is 2. The normalized spacial score (nSPS) is 11.0. The highest BCUT2D eigenvalue weighted by molar-refractivity contribution is 6.42. The molecule has 0 fully saturated rings. The van der Waals surface area contributed by atoms with Crippen molar-refractivity contribution in [1.29, 1.82) is 0 Å². The molecule has 0 saturated heterocycles. The number of benzene rings is 2. The van der Waals surface area contributed by atoms with Gasteiger partial charge in [-0.05, 0) is 49.7 Å². The van der Waals surface area contributed by atoms with Gasteiger partial charge in [0.2, 0.25) is 5.91 Å². The molecule has 0 bridgehead atoms. The predicted molar refractivity (Wildman–Crippen MR) is 140 cm³/mol.